The molecule has 0 spiro atoms. The molecule has 1 N–H and O–H groups in total. The van der Waals surface area contributed by atoms with Gasteiger partial charge in [0.15, 0.2) is 5.58 Å². The van der Waals surface area contributed by atoms with Gasteiger partial charge in [-0.1, -0.05) is 18.5 Å². The second kappa shape index (κ2) is 7.44. The van der Waals surface area contributed by atoms with E-state index in [4.69, 9.17) is 30.6 Å². The molecule has 0 aliphatic carbocycles. The van der Waals surface area contributed by atoms with Crippen LogP contribution < -0.4 is 9.47 Å². The van der Waals surface area contributed by atoms with E-state index in [-0.39, 0.29) is 6.08 Å². The van der Waals surface area contributed by atoms with E-state index >= 15 is 0 Å². The molecule has 0 aliphatic heterocycles. The van der Waals surface area contributed by atoms with E-state index < -0.39 is 11.9 Å². The fourth-order valence-corrected chi connectivity index (χ4v) is 2.26. The summed E-state index contributed by atoms with van der Waals surface area (Å²) in [6.45, 7) is 1.98. The topological polar surface area (TPSA) is 81.8 Å². The van der Waals surface area contributed by atoms with Crippen LogP contribution in [0.15, 0.2) is 46.9 Å². The summed E-state index contributed by atoms with van der Waals surface area (Å²) in [6, 6.07) is 12.1. The molecule has 1 unspecified atom stereocenters. The SMILES string of the molecule is CC(CCOc1ccc(Oc2nc3ccc(Cl)cc3o2)cc1)C(=O)O. The molecule has 2 aromatic carbocycles. The summed E-state index contributed by atoms with van der Waals surface area (Å²) in [5.41, 5.74) is 1.21. The van der Waals surface area contributed by atoms with Gasteiger partial charge in [0, 0.05) is 11.1 Å². The highest BCUT2D eigenvalue weighted by atomic mass is 35.5. The summed E-state index contributed by atoms with van der Waals surface area (Å²) in [6.07, 6.45) is 0.570. The molecule has 0 aliphatic rings. The smallest absolute Gasteiger partial charge is 0.400 e. The number of aromatic nitrogens is 1. The first kappa shape index (κ1) is 17.1. The van der Waals surface area contributed by atoms with E-state index in [0.717, 1.165) is 0 Å². The standard InChI is InChI=1S/C18H16ClNO5/c1-11(17(21)22)8-9-23-13-3-5-14(6-4-13)24-18-20-15-7-2-12(19)10-16(15)25-18/h2-7,10-11H,8-9H2,1H3,(H,21,22). The molecule has 1 atom stereocenters. The molecule has 3 aromatic rings. The first-order chi connectivity index (χ1) is 12.0. The van der Waals surface area contributed by atoms with E-state index in [0.29, 0.717) is 40.6 Å². The van der Waals surface area contributed by atoms with Gasteiger partial charge in [0.05, 0.1) is 12.5 Å². The molecule has 25 heavy (non-hydrogen) atoms. The number of halogens is 1. The van der Waals surface area contributed by atoms with Crippen LogP contribution in [0.25, 0.3) is 11.1 Å². The lowest BCUT2D eigenvalue weighted by atomic mass is 10.1. The van der Waals surface area contributed by atoms with Crippen LogP contribution in [0.4, 0.5) is 0 Å². The number of hydrogen-bond acceptors (Lipinski definition) is 5. The van der Waals surface area contributed by atoms with E-state index in [1.165, 1.54) is 0 Å². The number of benzene rings is 2. The highest BCUT2D eigenvalue weighted by molar-refractivity contribution is 6.31. The van der Waals surface area contributed by atoms with E-state index in [2.05, 4.69) is 4.98 Å². The van der Waals surface area contributed by atoms with Gasteiger partial charge in [-0.2, -0.15) is 4.98 Å². The van der Waals surface area contributed by atoms with Gasteiger partial charge < -0.3 is 19.0 Å². The Morgan fingerprint density at radius 3 is 2.68 bits per heavy atom. The lowest BCUT2D eigenvalue weighted by Crippen LogP contribution is -2.13. The normalized spacial score (nSPS) is 12.1. The molecule has 0 radical (unpaired) electrons. The molecule has 130 valence electrons. The van der Waals surface area contributed by atoms with Crippen molar-refractivity contribution < 1.29 is 23.8 Å². The summed E-state index contributed by atoms with van der Waals surface area (Å²) < 4.78 is 16.6. The van der Waals surface area contributed by atoms with E-state index in [1.54, 1.807) is 49.4 Å². The maximum absolute atomic E-state index is 10.7. The third-order valence-electron chi connectivity index (χ3n) is 3.60. The fourth-order valence-electron chi connectivity index (χ4n) is 2.10. The number of ether oxygens (including phenoxy) is 2. The highest BCUT2D eigenvalue weighted by Gasteiger charge is 2.11. The number of carbonyl (C=O) groups is 1. The van der Waals surface area contributed by atoms with Gasteiger partial charge in [0.1, 0.15) is 17.0 Å². The molecule has 1 aromatic heterocycles. The first-order valence-corrected chi connectivity index (χ1v) is 8.08. The quantitative estimate of drug-likeness (QED) is 0.653. The predicted octanol–water partition coefficient (Wildman–Crippen LogP) is 4.76. The Morgan fingerprint density at radius 2 is 1.96 bits per heavy atom. The first-order valence-electron chi connectivity index (χ1n) is 7.71. The van der Waals surface area contributed by atoms with Crippen LogP contribution in [-0.2, 0) is 4.79 Å². The van der Waals surface area contributed by atoms with Crippen LogP contribution in [-0.4, -0.2) is 22.7 Å². The molecule has 3 rings (SSSR count). The molecule has 7 heteroatoms. The zero-order valence-electron chi connectivity index (χ0n) is 13.4. The van der Waals surface area contributed by atoms with Gasteiger partial charge >= 0.3 is 12.0 Å². The molecular weight excluding hydrogens is 346 g/mol. The van der Waals surface area contributed by atoms with Gasteiger partial charge in [-0.25, -0.2) is 0 Å². The van der Waals surface area contributed by atoms with Crippen molar-refractivity contribution >= 4 is 28.7 Å². The fraction of sp³-hybridized carbons (Fsp3) is 0.222. The number of aliphatic carboxylic acids is 1. The number of carboxylic acid groups (broad SMARTS) is 1. The zero-order valence-corrected chi connectivity index (χ0v) is 14.2. The van der Waals surface area contributed by atoms with Crippen molar-refractivity contribution in [2.45, 2.75) is 13.3 Å². The molecule has 0 bridgehead atoms. The molecular formula is C18H16ClNO5. The number of carboxylic acids is 1. The van der Waals surface area contributed by atoms with Crippen molar-refractivity contribution in [3.8, 4) is 17.6 Å². The monoisotopic (exact) mass is 361 g/mol. The summed E-state index contributed by atoms with van der Waals surface area (Å²) in [5.74, 6) is -0.0829. The molecule has 0 saturated carbocycles. The minimum atomic E-state index is -0.827. The van der Waals surface area contributed by atoms with Crippen molar-refractivity contribution in [3.05, 3.63) is 47.5 Å². The van der Waals surface area contributed by atoms with Crippen LogP contribution >= 0.6 is 11.6 Å². The van der Waals surface area contributed by atoms with Crippen LogP contribution in [0.3, 0.4) is 0 Å². The lowest BCUT2D eigenvalue weighted by Gasteiger charge is -2.09. The number of hydrogen-bond donors (Lipinski definition) is 1. The summed E-state index contributed by atoms with van der Waals surface area (Å²) >= 11 is 5.91. The molecule has 6 nitrogen and oxygen atoms in total. The van der Waals surface area contributed by atoms with Gasteiger partial charge in [0.2, 0.25) is 0 Å². The minimum Gasteiger partial charge on any atom is -0.494 e. The number of oxazole rings is 1. The van der Waals surface area contributed by atoms with E-state index in [1.807, 2.05) is 0 Å². The molecule has 0 saturated heterocycles. The summed E-state index contributed by atoms with van der Waals surface area (Å²) in [4.78, 5) is 15.0. The Morgan fingerprint density at radius 1 is 1.24 bits per heavy atom. The Labute approximate surface area is 148 Å². The molecule has 0 amide bonds. The maximum Gasteiger partial charge on any atom is 0.400 e. The average molecular weight is 362 g/mol. The van der Waals surface area contributed by atoms with Gasteiger partial charge in [-0.05, 0) is 42.8 Å². The maximum atomic E-state index is 10.7. The number of nitrogens with zero attached hydrogens (tertiary/aromatic N) is 1. The van der Waals surface area contributed by atoms with Crippen molar-refractivity contribution in [2.24, 2.45) is 5.92 Å². The molecule has 1 heterocycles. The Bertz CT molecular complexity index is 875. The Kier molecular flexibility index (Phi) is 5.09. The third-order valence-corrected chi connectivity index (χ3v) is 3.84. The minimum absolute atomic E-state index is 0.126. The number of fused-ring (bicyclic) bond motifs is 1. The Balaban J connectivity index is 1.59. The van der Waals surface area contributed by atoms with E-state index in [9.17, 15) is 4.79 Å². The Hall–Kier alpha value is -2.73. The zero-order chi connectivity index (χ0) is 17.8. The van der Waals surface area contributed by atoms with Gasteiger partial charge in [0.25, 0.3) is 0 Å². The van der Waals surface area contributed by atoms with Crippen molar-refractivity contribution in [1.82, 2.24) is 4.98 Å². The number of rotatable bonds is 7. The average Bonchev–Trinajstić information content (AvgIpc) is 2.97. The van der Waals surface area contributed by atoms with Crippen LogP contribution in [0.2, 0.25) is 5.02 Å². The van der Waals surface area contributed by atoms with Gasteiger partial charge in [-0.3, -0.25) is 4.79 Å². The lowest BCUT2D eigenvalue weighted by molar-refractivity contribution is -0.141. The van der Waals surface area contributed by atoms with Gasteiger partial charge in [-0.15, -0.1) is 0 Å². The largest absolute Gasteiger partial charge is 0.494 e. The summed E-state index contributed by atoms with van der Waals surface area (Å²) in [5, 5.41) is 9.39. The second-order valence-electron chi connectivity index (χ2n) is 5.54. The highest BCUT2D eigenvalue weighted by Crippen LogP contribution is 2.28. The van der Waals surface area contributed by atoms with Crippen LogP contribution in [0.1, 0.15) is 13.3 Å². The van der Waals surface area contributed by atoms with Crippen molar-refractivity contribution in [1.29, 1.82) is 0 Å². The van der Waals surface area contributed by atoms with Crippen molar-refractivity contribution in [2.75, 3.05) is 6.61 Å². The summed E-state index contributed by atoms with van der Waals surface area (Å²) in [7, 11) is 0. The van der Waals surface area contributed by atoms with Crippen molar-refractivity contribution in [3.63, 3.8) is 0 Å². The van der Waals surface area contributed by atoms with Crippen LogP contribution in [0, 0.1) is 5.92 Å². The van der Waals surface area contributed by atoms with Crippen LogP contribution in [0.5, 0.6) is 17.6 Å². The third kappa shape index (κ3) is 4.42. The second-order valence-corrected chi connectivity index (χ2v) is 5.98. The molecule has 0 fully saturated rings. The predicted molar refractivity (Wildman–Crippen MR) is 92.4 cm³/mol.